The van der Waals surface area contributed by atoms with Gasteiger partial charge in [0.2, 0.25) is 0 Å². The highest BCUT2D eigenvalue weighted by Crippen LogP contribution is 2.37. The van der Waals surface area contributed by atoms with Crippen LogP contribution in [-0.2, 0) is 0 Å². The average Bonchev–Trinajstić information content (AvgIpc) is 2.58. The van der Waals surface area contributed by atoms with Crippen LogP contribution in [0.15, 0.2) is 66.7 Å². The van der Waals surface area contributed by atoms with Crippen molar-refractivity contribution in [3.63, 3.8) is 0 Å². The van der Waals surface area contributed by atoms with Crippen LogP contribution < -0.4 is 0 Å². The highest BCUT2D eigenvalue weighted by atomic mass is 16.4. The fourth-order valence-electron chi connectivity index (χ4n) is 2.96. The zero-order valence-electron chi connectivity index (χ0n) is 13.2. The second-order valence-corrected chi connectivity index (χ2v) is 5.63. The van der Waals surface area contributed by atoms with Crippen molar-refractivity contribution in [1.29, 1.82) is 0 Å². The third kappa shape index (κ3) is 2.76. The van der Waals surface area contributed by atoms with E-state index in [1.807, 2.05) is 62.4 Å². The third-order valence-corrected chi connectivity index (χ3v) is 4.28. The van der Waals surface area contributed by atoms with Gasteiger partial charge in [-0.15, -0.1) is 0 Å². The Hall–Kier alpha value is -2.87. The van der Waals surface area contributed by atoms with Crippen LogP contribution in [0.5, 0.6) is 0 Å². The van der Waals surface area contributed by atoms with Gasteiger partial charge in [0, 0.05) is 0 Å². The van der Waals surface area contributed by atoms with Crippen LogP contribution in [-0.4, -0.2) is 11.1 Å². The number of benzene rings is 3. The van der Waals surface area contributed by atoms with Gasteiger partial charge in [0.15, 0.2) is 0 Å². The molecule has 0 heterocycles. The minimum Gasteiger partial charge on any atom is -0.478 e. The fraction of sp³-hybridized carbons (Fsp3) is 0.0952. The molecule has 2 heteroatoms. The number of hydrogen-bond acceptors (Lipinski definition) is 1. The first-order chi connectivity index (χ1) is 11.1. The van der Waals surface area contributed by atoms with Crippen LogP contribution in [0, 0.1) is 13.8 Å². The fourth-order valence-corrected chi connectivity index (χ4v) is 2.96. The molecule has 0 atom stereocenters. The normalized spacial score (nSPS) is 10.5. The van der Waals surface area contributed by atoms with Crippen LogP contribution in [0.3, 0.4) is 0 Å². The van der Waals surface area contributed by atoms with E-state index in [-0.39, 0.29) is 0 Å². The van der Waals surface area contributed by atoms with Crippen molar-refractivity contribution < 1.29 is 9.90 Å². The molecule has 114 valence electrons. The van der Waals surface area contributed by atoms with E-state index in [1.165, 1.54) is 0 Å². The molecule has 0 aliphatic heterocycles. The first kappa shape index (κ1) is 15.0. The lowest BCUT2D eigenvalue weighted by molar-refractivity contribution is 0.0696. The predicted octanol–water partition coefficient (Wildman–Crippen LogP) is 5.34. The third-order valence-electron chi connectivity index (χ3n) is 4.28. The Labute approximate surface area is 136 Å². The van der Waals surface area contributed by atoms with Crippen molar-refractivity contribution in [2.24, 2.45) is 0 Å². The van der Waals surface area contributed by atoms with Gasteiger partial charge in [0.1, 0.15) is 0 Å². The molecule has 23 heavy (non-hydrogen) atoms. The van der Waals surface area contributed by atoms with Crippen LogP contribution in [0.2, 0.25) is 0 Å². The molecule has 0 fully saturated rings. The van der Waals surface area contributed by atoms with Gasteiger partial charge in [0.25, 0.3) is 0 Å². The monoisotopic (exact) mass is 302 g/mol. The summed E-state index contributed by atoms with van der Waals surface area (Å²) < 4.78 is 0. The molecule has 2 nitrogen and oxygen atoms in total. The van der Waals surface area contributed by atoms with Crippen molar-refractivity contribution in [3.8, 4) is 22.3 Å². The number of carbonyl (C=O) groups is 1. The first-order valence-electron chi connectivity index (χ1n) is 7.58. The first-order valence-corrected chi connectivity index (χ1v) is 7.58. The molecule has 3 rings (SSSR count). The minimum absolute atomic E-state index is 0.362. The van der Waals surface area contributed by atoms with E-state index in [4.69, 9.17) is 0 Å². The Morgan fingerprint density at radius 1 is 0.783 bits per heavy atom. The lowest BCUT2D eigenvalue weighted by Crippen LogP contribution is -2.04. The lowest BCUT2D eigenvalue weighted by Gasteiger charge is -2.18. The molecule has 0 aliphatic carbocycles. The molecule has 0 amide bonds. The van der Waals surface area contributed by atoms with E-state index < -0.39 is 5.97 Å². The highest BCUT2D eigenvalue weighted by molar-refractivity contribution is 5.96. The van der Waals surface area contributed by atoms with Gasteiger partial charge in [-0.1, -0.05) is 60.7 Å². The van der Waals surface area contributed by atoms with E-state index >= 15 is 0 Å². The zero-order chi connectivity index (χ0) is 16.4. The topological polar surface area (TPSA) is 37.3 Å². The van der Waals surface area contributed by atoms with Crippen molar-refractivity contribution in [2.45, 2.75) is 13.8 Å². The number of hydrogen-bond donors (Lipinski definition) is 1. The Morgan fingerprint density at radius 2 is 1.30 bits per heavy atom. The summed E-state index contributed by atoms with van der Waals surface area (Å²) in [5, 5.41) is 9.52. The van der Waals surface area contributed by atoms with E-state index in [2.05, 4.69) is 12.1 Å². The Bertz CT molecular complexity index is 850. The predicted molar refractivity (Wildman–Crippen MR) is 93.7 cm³/mol. The van der Waals surface area contributed by atoms with Gasteiger partial charge in [-0.2, -0.15) is 0 Å². The molecule has 0 spiro atoms. The molecule has 0 radical (unpaired) electrons. The Kier molecular flexibility index (Phi) is 3.98. The number of aromatic carboxylic acids is 1. The second-order valence-electron chi connectivity index (χ2n) is 5.63. The van der Waals surface area contributed by atoms with Gasteiger partial charge < -0.3 is 5.11 Å². The van der Waals surface area contributed by atoms with Gasteiger partial charge in [-0.05, 0) is 53.3 Å². The standard InChI is InChI=1S/C21H18O2/c1-14-15(2)20(17-11-7-4-8-12-17)19(13-18(14)21(22)23)16-9-5-3-6-10-16/h3-13H,1-2H3,(H,22,23). The van der Waals surface area contributed by atoms with Crippen LogP contribution in [0.25, 0.3) is 22.3 Å². The SMILES string of the molecule is Cc1c(C(=O)O)cc(-c2ccccc2)c(-c2ccccc2)c1C. The van der Waals surface area contributed by atoms with Crippen LogP contribution >= 0.6 is 0 Å². The zero-order valence-corrected chi connectivity index (χ0v) is 13.2. The van der Waals surface area contributed by atoms with Crippen molar-refractivity contribution in [1.82, 2.24) is 0 Å². The average molecular weight is 302 g/mol. The van der Waals surface area contributed by atoms with Crippen molar-refractivity contribution in [2.75, 3.05) is 0 Å². The molecule has 0 aromatic heterocycles. The quantitative estimate of drug-likeness (QED) is 0.709. The molecule has 0 bridgehead atoms. The van der Waals surface area contributed by atoms with Crippen molar-refractivity contribution in [3.05, 3.63) is 83.4 Å². The summed E-state index contributed by atoms with van der Waals surface area (Å²) in [6.07, 6.45) is 0. The molecular formula is C21H18O2. The lowest BCUT2D eigenvalue weighted by atomic mass is 9.86. The number of carboxylic acid groups (broad SMARTS) is 1. The summed E-state index contributed by atoms with van der Waals surface area (Å²) >= 11 is 0. The molecule has 0 aliphatic rings. The summed E-state index contributed by atoms with van der Waals surface area (Å²) in [5.41, 5.74) is 6.37. The summed E-state index contributed by atoms with van der Waals surface area (Å²) in [5.74, 6) is -0.887. The van der Waals surface area contributed by atoms with E-state index in [9.17, 15) is 9.90 Å². The largest absolute Gasteiger partial charge is 0.478 e. The van der Waals surface area contributed by atoms with E-state index in [1.54, 1.807) is 6.07 Å². The second kappa shape index (κ2) is 6.09. The van der Waals surface area contributed by atoms with Crippen LogP contribution in [0.1, 0.15) is 21.5 Å². The Balaban J connectivity index is 2.38. The smallest absolute Gasteiger partial charge is 0.335 e. The molecule has 0 saturated heterocycles. The molecule has 0 saturated carbocycles. The minimum atomic E-state index is -0.887. The molecule has 3 aromatic carbocycles. The van der Waals surface area contributed by atoms with Crippen molar-refractivity contribution >= 4 is 5.97 Å². The maximum atomic E-state index is 11.6. The van der Waals surface area contributed by atoms with Crippen LogP contribution in [0.4, 0.5) is 0 Å². The maximum Gasteiger partial charge on any atom is 0.335 e. The van der Waals surface area contributed by atoms with E-state index in [0.717, 1.165) is 33.4 Å². The maximum absolute atomic E-state index is 11.6. The van der Waals surface area contributed by atoms with Gasteiger partial charge in [-0.25, -0.2) is 4.79 Å². The van der Waals surface area contributed by atoms with Gasteiger partial charge in [0.05, 0.1) is 5.56 Å². The molecular weight excluding hydrogens is 284 g/mol. The molecule has 3 aromatic rings. The number of carboxylic acids is 1. The summed E-state index contributed by atoms with van der Waals surface area (Å²) in [4.78, 5) is 11.6. The summed E-state index contributed by atoms with van der Waals surface area (Å²) in [7, 11) is 0. The van der Waals surface area contributed by atoms with Gasteiger partial charge >= 0.3 is 5.97 Å². The molecule has 1 N–H and O–H groups in total. The summed E-state index contributed by atoms with van der Waals surface area (Å²) in [6.45, 7) is 3.87. The Morgan fingerprint density at radius 3 is 1.83 bits per heavy atom. The molecule has 0 unspecified atom stereocenters. The number of rotatable bonds is 3. The highest BCUT2D eigenvalue weighted by Gasteiger charge is 2.18. The van der Waals surface area contributed by atoms with E-state index in [0.29, 0.717) is 5.56 Å². The van der Waals surface area contributed by atoms with Gasteiger partial charge in [-0.3, -0.25) is 0 Å². The summed E-state index contributed by atoms with van der Waals surface area (Å²) in [6, 6.07) is 21.9.